The van der Waals surface area contributed by atoms with E-state index in [1.165, 1.54) is 11.0 Å². The molecule has 2 atom stereocenters. The van der Waals surface area contributed by atoms with E-state index in [2.05, 4.69) is 32.6 Å². The molecule has 220 valence electrons. The molecule has 0 aliphatic carbocycles. The van der Waals surface area contributed by atoms with Crippen LogP contribution in [0.3, 0.4) is 0 Å². The van der Waals surface area contributed by atoms with Crippen molar-refractivity contribution in [2.45, 2.75) is 57.5 Å². The summed E-state index contributed by atoms with van der Waals surface area (Å²) in [4.78, 5) is 34.9. The van der Waals surface area contributed by atoms with Crippen LogP contribution >= 0.6 is 23.2 Å². The van der Waals surface area contributed by atoms with Gasteiger partial charge in [0.1, 0.15) is 18.1 Å². The molecule has 0 saturated carbocycles. The van der Waals surface area contributed by atoms with Crippen molar-refractivity contribution in [1.29, 1.82) is 0 Å². The lowest BCUT2D eigenvalue weighted by molar-refractivity contribution is -0.124. The van der Waals surface area contributed by atoms with Crippen LogP contribution in [0.15, 0.2) is 53.8 Å². The molecule has 0 fully saturated rings. The van der Waals surface area contributed by atoms with Crippen LogP contribution in [0.4, 0.5) is 0 Å². The summed E-state index contributed by atoms with van der Waals surface area (Å²) in [6.45, 7) is 2.50. The molecule has 0 spiro atoms. The Kier molecular flexibility index (Phi) is 12.2. The van der Waals surface area contributed by atoms with Crippen molar-refractivity contribution in [3.05, 3.63) is 70.2 Å². The average molecular weight is 604 g/mol. The number of hydrogen-bond donors (Lipinski definition) is 4. The number of methoxy groups -OCH3 is 1. The Bertz CT molecular complexity index is 1320. The van der Waals surface area contributed by atoms with Crippen molar-refractivity contribution in [3.8, 4) is 11.4 Å². The molecular weight excluding hydrogens is 567 g/mol. The SMILES string of the molecule is CCCCC(NC(=O)C(CCCCN=C(N)N)NC(=O)c1ncn(-c2cc(Cl)cc(Cl)c2)n1)c1ccccc1OC. The van der Waals surface area contributed by atoms with Gasteiger partial charge < -0.3 is 26.8 Å². The van der Waals surface area contributed by atoms with E-state index in [1.807, 2.05) is 24.3 Å². The van der Waals surface area contributed by atoms with Gasteiger partial charge in [-0.25, -0.2) is 9.67 Å². The molecule has 2 aromatic carbocycles. The minimum Gasteiger partial charge on any atom is -0.496 e. The van der Waals surface area contributed by atoms with Gasteiger partial charge in [-0.1, -0.05) is 61.2 Å². The fourth-order valence-electron chi connectivity index (χ4n) is 4.26. The summed E-state index contributed by atoms with van der Waals surface area (Å²) in [5.41, 5.74) is 12.2. The first-order chi connectivity index (χ1) is 19.7. The molecule has 1 heterocycles. The lowest BCUT2D eigenvalue weighted by Crippen LogP contribution is -2.48. The van der Waals surface area contributed by atoms with Crippen LogP contribution in [0, 0.1) is 0 Å². The summed E-state index contributed by atoms with van der Waals surface area (Å²) in [5, 5.41) is 11.0. The normalized spacial score (nSPS) is 12.3. The van der Waals surface area contributed by atoms with Crippen molar-refractivity contribution in [2.75, 3.05) is 13.7 Å². The van der Waals surface area contributed by atoms with Crippen molar-refractivity contribution < 1.29 is 14.3 Å². The highest BCUT2D eigenvalue weighted by atomic mass is 35.5. The third-order valence-corrected chi connectivity index (χ3v) is 6.74. The molecule has 11 nitrogen and oxygen atoms in total. The summed E-state index contributed by atoms with van der Waals surface area (Å²) in [7, 11) is 1.60. The number of nitrogens with zero attached hydrogens (tertiary/aromatic N) is 4. The summed E-state index contributed by atoms with van der Waals surface area (Å²) >= 11 is 12.2. The van der Waals surface area contributed by atoms with E-state index >= 15 is 0 Å². The Morgan fingerprint density at radius 1 is 1.05 bits per heavy atom. The first-order valence-electron chi connectivity index (χ1n) is 13.4. The van der Waals surface area contributed by atoms with Crippen LogP contribution in [0.1, 0.15) is 67.7 Å². The van der Waals surface area contributed by atoms with Gasteiger partial charge in [0.15, 0.2) is 5.96 Å². The van der Waals surface area contributed by atoms with Crippen molar-refractivity contribution in [3.63, 3.8) is 0 Å². The van der Waals surface area contributed by atoms with Gasteiger partial charge in [-0.05, 0) is 49.9 Å². The summed E-state index contributed by atoms with van der Waals surface area (Å²) < 4.78 is 6.93. The number of ether oxygens (including phenoxy) is 1. The Morgan fingerprint density at radius 2 is 1.78 bits per heavy atom. The Labute approximate surface area is 249 Å². The fraction of sp³-hybridized carbons (Fsp3) is 0.393. The van der Waals surface area contributed by atoms with E-state index in [9.17, 15) is 9.59 Å². The second kappa shape index (κ2) is 15.8. The maximum Gasteiger partial charge on any atom is 0.291 e. The first kappa shape index (κ1) is 31.7. The summed E-state index contributed by atoms with van der Waals surface area (Å²) in [6.07, 6.45) is 5.52. The van der Waals surface area contributed by atoms with E-state index in [0.29, 0.717) is 53.7 Å². The Balaban J connectivity index is 1.79. The predicted molar refractivity (Wildman–Crippen MR) is 161 cm³/mol. The summed E-state index contributed by atoms with van der Waals surface area (Å²) in [6, 6.07) is 11.3. The highest BCUT2D eigenvalue weighted by Gasteiger charge is 2.26. The molecule has 2 unspecified atom stereocenters. The second-order valence-electron chi connectivity index (χ2n) is 9.41. The van der Waals surface area contributed by atoms with Crippen LogP contribution in [0.2, 0.25) is 10.0 Å². The minimum absolute atomic E-state index is 0.00539. The van der Waals surface area contributed by atoms with Gasteiger partial charge >= 0.3 is 0 Å². The average Bonchev–Trinajstić information content (AvgIpc) is 3.44. The number of carbonyl (C=O) groups excluding carboxylic acids is 2. The number of rotatable bonds is 15. The molecule has 2 amide bonds. The van der Waals surface area contributed by atoms with Gasteiger partial charge in [0, 0.05) is 22.2 Å². The number of aliphatic imine (C=N–C) groups is 1. The van der Waals surface area contributed by atoms with Crippen LogP contribution < -0.4 is 26.8 Å². The number of nitrogens with two attached hydrogens (primary N) is 2. The fourth-order valence-corrected chi connectivity index (χ4v) is 4.78. The van der Waals surface area contributed by atoms with Gasteiger partial charge in [0.2, 0.25) is 11.7 Å². The highest BCUT2D eigenvalue weighted by molar-refractivity contribution is 6.34. The lowest BCUT2D eigenvalue weighted by atomic mass is 9.99. The molecule has 3 rings (SSSR count). The molecule has 13 heteroatoms. The number of halogens is 2. The Morgan fingerprint density at radius 3 is 2.46 bits per heavy atom. The van der Waals surface area contributed by atoms with Crippen molar-refractivity contribution in [2.24, 2.45) is 16.5 Å². The Hall–Kier alpha value is -3.83. The molecule has 41 heavy (non-hydrogen) atoms. The minimum atomic E-state index is -0.854. The van der Waals surface area contributed by atoms with E-state index < -0.39 is 11.9 Å². The lowest BCUT2D eigenvalue weighted by Gasteiger charge is -2.25. The van der Waals surface area contributed by atoms with Crippen LogP contribution in [-0.4, -0.2) is 52.2 Å². The number of para-hydroxylation sites is 1. The quantitative estimate of drug-likeness (QED) is 0.115. The van der Waals surface area contributed by atoms with Crippen LogP contribution in [-0.2, 0) is 4.79 Å². The third kappa shape index (κ3) is 9.65. The van der Waals surface area contributed by atoms with E-state index in [0.717, 1.165) is 18.4 Å². The van der Waals surface area contributed by atoms with Crippen LogP contribution in [0.5, 0.6) is 5.75 Å². The zero-order chi connectivity index (χ0) is 29.8. The number of nitrogens with one attached hydrogen (secondary N) is 2. The van der Waals surface area contributed by atoms with Crippen molar-refractivity contribution >= 4 is 41.0 Å². The van der Waals surface area contributed by atoms with E-state index in [4.69, 9.17) is 39.4 Å². The predicted octanol–water partition coefficient (Wildman–Crippen LogP) is 4.17. The third-order valence-electron chi connectivity index (χ3n) is 6.30. The zero-order valence-corrected chi connectivity index (χ0v) is 24.7. The largest absolute Gasteiger partial charge is 0.496 e. The van der Waals surface area contributed by atoms with Gasteiger partial charge in [-0.3, -0.25) is 14.6 Å². The smallest absolute Gasteiger partial charge is 0.291 e. The van der Waals surface area contributed by atoms with Crippen molar-refractivity contribution in [1.82, 2.24) is 25.4 Å². The van der Waals surface area contributed by atoms with Gasteiger partial charge in [-0.15, -0.1) is 5.10 Å². The maximum atomic E-state index is 13.6. The number of carbonyl (C=O) groups is 2. The first-order valence-corrected chi connectivity index (χ1v) is 14.1. The van der Waals surface area contributed by atoms with Crippen LogP contribution in [0.25, 0.3) is 5.69 Å². The molecule has 1 aromatic heterocycles. The molecule has 0 aliphatic heterocycles. The number of amides is 2. The molecular formula is C28H36Cl2N8O3. The summed E-state index contributed by atoms with van der Waals surface area (Å²) in [5.74, 6) is -0.336. The van der Waals surface area contributed by atoms with Gasteiger partial charge in [0.05, 0.1) is 18.8 Å². The maximum absolute atomic E-state index is 13.6. The number of aromatic nitrogens is 3. The molecule has 0 bridgehead atoms. The highest BCUT2D eigenvalue weighted by Crippen LogP contribution is 2.28. The molecule has 0 aliphatic rings. The van der Waals surface area contributed by atoms with Gasteiger partial charge in [0.25, 0.3) is 5.91 Å². The molecule has 6 N–H and O–H groups in total. The van der Waals surface area contributed by atoms with E-state index in [-0.39, 0.29) is 23.7 Å². The zero-order valence-electron chi connectivity index (χ0n) is 23.1. The molecule has 3 aromatic rings. The molecule has 0 saturated heterocycles. The number of unbranched alkanes of at least 4 members (excludes halogenated alkanes) is 2. The van der Waals surface area contributed by atoms with E-state index in [1.54, 1.807) is 25.3 Å². The molecule has 0 radical (unpaired) electrons. The topological polar surface area (TPSA) is 163 Å². The number of guanidine groups is 1. The van der Waals surface area contributed by atoms with Gasteiger partial charge in [-0.2, -0.15) is 0 Å². The number of benzene rings is 2. The standard InChI is InChI=1S/C28H36Cl2N8O3/c1-3-4-10-22(21-9-5-6-12-24(21)41-2)35-26(39)23(11-7-8-13-33-28(31)32)36-27(40)25-34-17-38(37-25)20-15-18(29)14-19(30)16-20/h5-6,9,12,14-17,22-23H,3-4,7-8,10-11,13H2,1-2H3,(H,35,39)(H,36,40)(H4,31,32,33). The second-order valence-corrected chi connectivity index (χ2v) is 10.3. The number of hydrogen-bond acceptors (Lipinski definition) is 6. The monoisotopic (exact) mass is 602 g/mol.